The minimum atomic E-state index is 0.639. The molecule has 0 saturated carbocycles. The molecule has 3 saturated heterocycles. The quantitative estimate of drug-likeness (QED) is 0.668. The van der Waals surface area contributed by atoms with Crippen LogP contribution in [0.4, 0.5) is 5.69 Å². The van der Waals surface area contributed by atoms with Gasteiger partial charge in [0.1, 0.15) is 0 Å². The summed E-state index contributed by atoms with van der Waals surface area (Å²) in [5, 5.41) is 1.19. The number of rotatable bonds is 5. The number of nitrogens with one attached hydrogen (secondary N) is 1. The van der Waals surface area contributed by atoms with Gasteiger partial charge in [0.2, 0.25) is 0 Å². The first-order chi connectivity index (χ1) is 15.8. The molecule has 168 valence electrons. The van der Waals surface area contributed by atoms with Crippen molar-refractivity contribution in [2.24, 2.45) is 0 Å². The molecule has 7 nitrogen and oxygen atoms in total. The van der Waals surface area contributed by atoms with Crippen molar-refractivity contribution in [2.75, 3.05) is 70.6 Å². The number of H-pyrrole nitrogens is 1. The number of anilines is 1. The fourth-order valence-corrected chi connectivity index (χ4v) is 5.04. The van der Waals surface area contributed by atoms with Crippen LogP contribution in [0, 0.1) is 0 Å². The van der Waals surface area contributed by atoms with Gasteiger partial charge in [-0.15, -0.1) is 0 Å². The van der Waals surface area contributed by atoms with Gasteiger partial charge < -0.3 is 19.4 Å². The fraction of sp³-hybridized carbons (Fsp3) is 0.480. The molecule has 0 spiro atoms. The fourth-order valence-electron chi connectivity index (χ4n) is 5.04. The number of ether oxygens (including phenoxy) is 2. The summed E-state index contributed by atoms with van der Waals surface area (Å²) in [6.45, 7) is 10.7. The van der Waals surface area contributed by atoms with Crippen LogP contribution in [-0.2, 0) is 16.0 Å². The molecule has 0 radical (unpaired) electrons. The molecule has 0 bridgehead atoms. The maximum absolute atomic E-state index is 5.48. The normalized spacial score (nSPS) is 21.2. The third kappa shape index (κ3) is 4.01. The zero-order valence-electron chi connectivity index (χ0n) is 18.5. The number of hydrogen-bond donors (Lipinski definition) is 1. The molecule has 7 heteroatoms. The highest BCUT2D eigenvalue weighted by molar-refractivity contribution is 5.93. The van der Waals surface area contributed by atoms with Crippen molar-refractivity contribution >= 4 is 16.6 Å². The van der Waals surface area contributed by atoms with Crippen LogP contribution < -0.4 is 4.90 Å². The molecule has 6 rings (SSSR count). The molecule has 0 amide bonds. The van der Waals surface area contributed by atoms with Crippen LogP contribution in [0.25, 0.3) is 22.2 Å². The Bertz CT molecular complexity index is 1050. The molecule has 0 atom stereocenters. The van der Waals surface area contributed by atoms with E-state index in [0.717, 1.165) is 83.5 Å². The average Bonchev–Trinajstić information content (AvgIpc) is 3.22. The second kappa shape index (κ2) is 8.83. The van der Waals surface area contributed by atoms with E-state index in [0.29, 0.717) is 6.04 Å². The number of fused-ring (bicyclic) bond motifs is 1. The number of nitrogens with zero attached hydrogens (tertiary/aromatic N) is 4. The first-order valence-electron chi connectivity index (χ1n) is 11.8. The predicted molar refractivity (Wildman–Crippen MR) is 126 cm³/mol. The second-order valence-corrected chi connectivity index (χ2v) is 9.07. The molecule has 3 aromatic rings. The molecule has 0 aliphatic carbocycles. The van der Waals surface area contributed by atoms with Gasteiger partial charge in [-0.2, -0.15) is 0 Å². The lowest BCUT2D eigenvalue weighted by Crippen LogP contribution is -2.56. The van der Waals surface area contributed by atoms with E-state index in [1.54, 1.807) is 0 Å². The SMILES string of the molecule is c1cc2[nH]c(CN3CCOCC3)cc2c(-c2ccc(N3CCN(C4COC4)CC3)cc2)n1. The van der Waals surface area contributed by atoms with Crippen LogP contribution in [-0.4, -0.2) is 91.5 Å². The summed E-state index contributed by atoms with van der Waals surface area (Å²) in [6.07, 6.45) is 1.91. The van der Waals surface area contributed by atoms with Crippen molar-refractivity contribution in [3.05, 3.63) is 48.3 Å². The lowest BCUT2D eigenvalue weighted by molar-refractivity contribution is -0.0660. The van der Waals surface area contributed by atoms with Crippen molar-refractivity contribution in [1.29, 1.82) is 0 Å². The maximum Gasteiger partial charge on any atom is 0.0795 e. The van der Waals surface area contributed by atoms with E-state index in [1.807, 2.05) is 6.20 Å². The van der Waals surface area contributed by atoms with Gasteiger partial charge >= 0.3 is 0 Å². The minimum Gasteiger partial charge on any atom is -0.379 e. The highest BCUT2D eigenvalue weighted by Crippen LogP contribution is 2.29. The Hall–Kier alpha value is -2.45. The number of aromatic nitrogens is 2. The number of aromatic amines is 1. The monoisotopic (exact) mass is 433 g/mol. The van der Waals surface area contributed by atoms with Crippen LogP contribution in [0.5, 0.6) is 0 Å². The smallest absolute Gasteiger partial charge is 0.0795 e. The molecular weight excluding hydrogens is 402 g/mol. The zero-order chi connectivity index (χ0) is 21.3. The maximum atomic E-state index is 5.48. The Morgan fingerprint density at radius 3 is 2.41 bits per heavy atom. The van der Waals surface area contributed by atoms with Gasteiger partial charge in [-0.1, -0.05) is 12.1 Å². The molecule has 3 aliphatic heterocycles. The Labute approximate surface area is 188 Å². The number of pyridine rings is 1. The summed E-state index contributed by atoms with van der Waals surface area (Å²) in [6, 6.07) is 13.9. The first-order valence-corrected chi connectivity index (χ1v) is 11.8. The van der Waals surface area contributed by atoms with E-state index >= 15 is 0 Å². The standard InChI is InChI=1S/C25H31N5O2/c1-3-21(29-7-9-30(10-8-29)22-17-32-18-22)4-2-19(1)25-23-15-20(27-24(23)5-6-26-25)16-28-11-13-31-14-12-28/h1-6,15,22,27H,7-14,16-18H2. The van der Waals surface area contributed by atoms with E-state index in [2.05, 4.69) is 56.1 Å². The van der Waals surface area contributed by atoms with E-state index in [9.17, 15) is 0 Å². The Morgan fingerprint density at radius 2 is 1.69 bits per heavy atom. The van der Waals surface area contributed by atoms with E-state index in [4.69, 9.17) is 14.5 Å². The summed E-state index contributed by atoms with van der Waals surface area (Å²) in [5.74, 6) is 0. The van der Waals surface area contributed by atoms with E-state index < -0.39 is 0 Å². The number of morpholine rings is 1. The first kappa shape index (κ1) is 20.2. The molecule has 3 aliphatic rings. The van der Waals surface area contributed by atoms with Crippen molar-refractivity contribution in [3.63, 3.8) is 0 Å². The average molecular weight is 434 g/mol. The molecule has 1 N–H and O–H groups in total. The second-order valence-electron chi connectivity index (χ2n) is 9.07. The van der Waals surface area contributed by atoms with Gasteiger partial charge in [0.15, 0.2) is 0 Å². The highest BCUT2D eigenvalue weighted by Gasteiger charge is 2.28. The predicted octanol–water partition coefficient (Wildman–Crippen LogP) is 2.58. The molecular formula is C25H31N5O2. The molecule has 0 unspecified atom stereocenters. The summed E-state index contributed by atoms with van der Waals surface area (Å²) in [5.41, 5.74) is 5.91. The van der Waals surface area contributed by atoms with Gasteiger partial charge in [-0.3, -0.25) is 14.8 Å². The topological polar surface area (TPSA) is 56.9 Å². The third-order valence-corrected chi connectivity index (χ3v) is 7.06. The zero-order valence-corrected chi connectivity index (χ0v) is 18.5. The van der Waals surface area contributed by atoms with Crippen LogP contribution in [0.1, 0.15) is 5.69 Å². The largest absolute Gasteiger partial charge is 0.379 e. The Morgan fingerprint density at radius 1 is 0.906 bits per heavy atom. The summed E-state index contributed by atoms with van der Waals surface area (Å²) in [7, 11) is 0. The van der Waals surface area contributed by atoms with Crippen LogP contribution >= 0.6 is 0 Å². The van der Waals surface area contributed by atoms with Crippen molar-refractivity contribution < 1.29 is 9.47 Å². The molecule has 1 aromatic carbocycles. The summed E-state index contributed by atoms with van der Waals surface area (Å²) < 4.78 is 10.8. The van der Waals surface area contributed by atoms with E-state index in [-0.39, 0.29) is 0 Å². The van der Waals surface area contributed by atoms with E-state index in [1.165, 1.54) is 22.3 Å². The van der Waals surface area contributed by atoms with Gasteiger partial charge in [0.05, 0.1) is 38.2 Å². The van der Waals surface area contributed by atoms with Gasteiger partial charge in [0, 0.05) is 79.9 Å². The van der Waals surface area contributed by atoms with Crippen LogP contribution in [0.2, 0.25) is 0 Å². The lowest BCUT2D eigenvalue weighted by Gasteiger charge is -2.43. The number of piperazine rings is 1. The lowest BCUT2D eigenvalue weighted by atomic mass is 10.1. The third-order valence-electron chi connectivity index (χ3n) is 7.06. The van der Waals surface area contributed by atoms with Gasteiger partial charge in [-0.25, -0.2) is 0 Å². The number of hydrogen-bond acceptors (Lipinski definition) is 6. The molecule has 2 aromatic heterocycles. The summed E-state index contributed by atoms with van der Waals surface area (Å²) in [4.78, 5) is 15.8. The molecule has 5 heterocycles. The van der Waals surface area contributed by atoms with Crippen molar-refractivity contribution in [1.82, 2.24) is 19.8 Å². The molecule has 3 fully saturated rings. The minimum absolute atomic E-state index is 0.639. The van der Waals surface area contributed by atoms with Crippen molar-refractivity contribution in [2.45, 2.75) is 12.6 Å². The number of benzene rings is 1. The van der Waals surface area contributed by atoms with Gasteiger partial charge in [0.25, 0.3) is 0 Å². The van der Waals surface area contributed by atoms with Crippen LogP contribution in [0.3, 0.4) is 0 Å². The van der Waals surface area contributed by atoms with Gasteiger partial charge in [-0.05, 0) is 24.3 Å². The Kier molecular flexibility index (Phi) is 5.57. The molecule has 32 heavy (non-hydrogen) atoms. The summed E-state index contributed by atoms with van der Waals surface area (Å²) >= 11 is 0. The van der Waals surface area contributed by atoms with Crippen molar-refractivity contribution in [3.8, 4) is 11.3 Å². The van der Waals surface area contributed by atoms with Crippen LogP contribution in [0.15, 0.2) is 42.6 Å². The highest BCUT2D eigenvalue weighted by atomic mass is 16.5. The Balaban J connectivity index is 1.17.